The predicted octanol–water partition coefficient (Wildman–Crippen LogP) is 3.37. The Kier molecular flexibility index (Phi) is 5.79. The van der Waals surface area contributed by atoms with Crippen molar-refractivity contribution in [1.82, 2.24) is 15.6 Å². The number of pyridine rings is 1. The number of nitrogens with zero attached hydrogens (tertiary/aromatic N) is 1. The fourth-order valence-corrected chi connectivity index (χ4v) is 2.71. The average Bonchev–Trinajstić information content (AvgIpc) is 2.72. The van der Waals surface area contributed by atoms with Crippen LogP contribution in [0.3, 0.4) is 0 Å². The van der Waals surface area contributed by atoms with Crippen LogP contribution < -0.4 is 10.6 Å². The van der Waals surface area contributed by atoms with Gasteiger partial charge in [-0.3, -0.25) is 4.98 Å². The van der Waals surface area contributed by atoms with Crippen molar-refractivity contribution in [3.05, 3.63) is 101 Å². The second-order valence-electron chi connectivity index (χ2n) is 5.92. The highest BCUT2D eigenvalue weighted by atomic mass is 16.4. The van der Waals surface area contributed by atoms with Gasteiger partial charge in [0, 0.05) is 6.20 Å². The molecule has 3 aromatic rings. The molecule has 0 aliphatic heterocycles. The molecule has 1 aromatic heterocycles. The molecule has 0 saturated carbocycles. The Morgan fingerprint density at radius 2 is 1.52 bits per heavy atom. The quantitative estimate of drug-likeness (QED) is 0.628. The predicted molar refractivity (Wildman–Crippen MR) is 101 cm³/mol. The first-order chi connectivity index (χ1) is 13.1. The molecule has 3 rings (SSSR count). The second kappa shape index (κ2) is 8.62. The summed E-state index contributed by atoms with van der Waals surface area (Å²) in [7, 11) is 0. The maximum absolute atomic E-state index is 12.4. The number of amides is 2. The van der Waals surface area contributed by atoms with Crippen LogP contribution in [-0.4, -0.2) is 22.1 Å². The highest BCUT2D eigenvalue weighted by molar-refractivity contribution is 5.87. The van der Waals surface area contributed by atoms with Crippen LogP contribution in [0.2, 0.25) is 0 Å². The van der Waals surface area contributed by atoms with Gasteiger partial charge in [-0.05, 0) is 23.3 Å². The van der Waals surface area contributed by atoms with Crippen molar-refractivity contribution >= 4 is 12.0 Å². The average molecular weight is 361 g/mol. The van der Waals surface area contributed by atoms with Crippen LogP contribution in [0.4, 0.5) is 4.79 Å². The Bertz CT molecular complexity index is 875. The second-order valence-corrected chi connectivity index (χ2v) is 5.92. The van der Waals surface area contributed by atoms with Gasteiger partial charge >= 0.3 is 12.0 Å². The van der Waals surface area contributed by atoms with Crippen molar-refractivity contribution in [3.8, 4) is 0 Å². The van der Waals surface area contributed by atoms with Gasteiger partial charge in [-0.25, -0.2) is 9.59 Å². The van der Waals surface area contributed by atoms with E-state index in [9.17, 15) is 9.59 Å². The van der Waals surface area contributed by atoms with Crippen LogP contribution >= 0.6 is 0 Å². The highest BCUT2D eigenvalue weighted by Gasteiger charge is 2.16. The summed E-state index contributed by atoms with van der Waals surface area (Å²) < 4.78 is 0. The fourth-order valence-electron chi connectivity index (χ4n) is 2.71. The summed E-state index contributed by atoms with van der Waals surface area (Å²) >= 11 is 0. The van der Waals surface area contributed by atoms with E-state index in [1.165, 1.54) is 18.3 Å². The Morgan fingerprint density at radius 3 is 2.07 bits per heavy atom. The van der Waals surface area contributed by atoms with Crippen LogP contribution in [0.1, 0.15) is 33.2 Å². The standard InChI is InChI=1S/C21H19N3O3/c25-20(26)17-11-12-22-18(13-17)14-23-21(27)24-19(15-7-3-1-4-8-15)16-9-5-2-6-10-16/h1-13,19H,14H2,(H,25,26)(H2,23,24,27). The van der Waals surface area contributed by atoms with Gasteiger partial charge in [-0.2, -0.15) is 0 Å². The number of nitrogens with one attached hydrogen (secondary N) is 2. The molecule has 0 bridgehead atoms. The number of carboxylic acid groups (broad SMARTS) is 1. The van der Waals surface area contributed by atoms with Crippen LogP contribution in [0.5, 0.6) is 0 Å². The van der Waals surface area contributed by atoms with E-state index in [2.05, 4.69) is 15.6 Å². The topological polar surface area (TPSA) is 91.3 Å². The minimum atomic E-state index is -1.03. The Balaban J connectivity index is 1.70. The molecule has 0 fully saturated rings. The van der Waals surface area contributed by atoms with Gasteiger partial charge in [0.2, 0.25) is 0 Å². The lowest BCUT2D eigenvalue weighted by molar-refractivity contribution is 0.0696. The van der Waals surface area contributed by atoms with Gasteiger partial charge < -0.3 is 15.7 Å². The SMILES string of the molecule is O=C(NCc1cc(C(=O)O)ccn1)NC(c1ccccc1)c1ccccc1. The zero-order valence-electron chi connectivity index (χ0n) is 14.5. The summed E-state index contributed by atoms with van der Waals surface area (Å²) in [6.07, 6.45) is 1.41. The Hall–Kier alpha value is -3.67. The number of hydrogen-bond donors (Lipinski definition) is 3. The van der Waals surface area contributed by atoms with Gasteiger partial charge in [-0.15, -0.1) is 0 Å². The molecule has 27 heavy (non-hydrogen) atoms. The first kappa shape index (κ1) is 18.1. The molecule has 3 N–H and O–H groups in total. The van der Waals surface area contributed by atoms with Gasteiger partial charge in [0.05, 0.1) is 23.8 Å². The van der Waals surface area contributed by atoms with E-state index in [0.717, 1.165) is 11.1 Å². The van der Waals surface area contributed by atoms with E-state index in [0.29, 0.717) is 5.69 Å². The number of aromatic carboxylic acids is 1. The monoisotopic (exact) mass is 361 g/mol. The number of benzene rings is 2. The number of rotatable bonds is 6. The van der Waals surface area contributed by atoms with Crippen molar-refractivity contribution in [1.29, 1.82) is 0 Å². The molecule has 0 radical (unpaired) electrons. The molecule has 6 nitrogen and oxygen atoms in total. The number of aromatic nitrogens is 1. The molecule has 2 amide bonds. The first-order valence-corrected chi connectivity index (χ1v) is 8.46. The molecule has 0 unspecified atom stereocenters. The molecule has 0 saturated heterocycles. The van der Waals surface area contributed by atoms with Crippen molar-refractivity contribution in [2.24, 2.45) is 0 Å². The lowest BCUT2D eigenvalue weighted by Crippen LogP contribution is -2.38. The minimum absolute atomic E-state index is 0.128. The molecular formula is C21H19N3O3. The maximum Gasteiger partial charge on any atom is 0.335 e. The van der Waals surface area contributed by atoms with E-state index in [1.54, 1.807) is 0 Å². The number of hydrogen-bond acceptors (Lipinski definition) is 3. The lowest BCUT2D eigenvalue weighted by atomic mass is 9.99. The molecule has 0 atom stereocenters. The van der Waals surface area contributed by atoms with E-state index < -0.39 is 5.97 Å². The number of carboxylic acids is 1. The van der Waals surface area contributed by atoms with Crippen LogP contribution in [0.15, 0.2) is 79.0 Å². The third-order valence-electron chi connectivity index (χ3n) is 4.03. The summed E-state index contributed by atoms with van der Waals surface area (Å²) in [5, 5.41) is 14.7. The largest absolute Gasteiger partial charge is 0.478 e. The van der Waals surface area contributed by atoms with Gasteiger partial charge in [0.1, 0.15) is 0 Å². The van der Waals surface area contributed by atoms with E-state index in [1.807, 2.05) is 60.7 Å². The Morgan fingerprint density at radius 1 is 0.926 bits per heavy atom. The van der Waals surface area contributed by atoms with Crippen LogP contribution in [0.25, 0.3) is 0 Å². The molecule has 136 valence electrons. The maximum atomic E-state index is 12.4. The third kappa shape index (κ3) is 4.92. The summed E-state index contributed by atoms with van der Waals surface area (Å²) in [5.41, 5.74) is 2.53. The van der Waals surface area contributed by atoms with Crippen LogP contribution in [-0.2, 0) is 6.54 Å². The van der Waals surface area contributed by atoms with E-state index >= 15 is 0 Å². The van der Waals surface area contributed by atoms with E-state index in [-0.39, 0.29) is 24.2 Å². The van der Waals surface area contributed by atoms with Crippen molar-refractivity contribution in [2.45, 2.75) is 12.6 Å². The normalized spacial score (nSPS) is 10.4. The Labute approximate surface area is 156 Å². The van der Waals surface area contributed by atoms with Gasteiger partial charge in [-0.1, -0.05) is 60.7 Å². The van der Waals surface area contributed by atoms with Gasteiger partial charge in [0.25, 0.3) is 0 Å². The summed E-state index contributed by atoms with van der Waals surface area (Å²) in [4.78, 5) is 27.5. The van der Waals surface area contributed by atoms with Crippen molar-refractivity contribution < 1.29 is 14.7 Å². The molecule has 0 aliphatic carbocycles. The smallest absolute Gasteiger partial charge is 0.335 e. The molecule has 1 heterocycles. The van der Waals surface area contributed by atoms with Crippen molar-refractivity contribution in [2.75, 3.05) is 0 Å². The van der Waals surface area contributed by atoms with Crippen LogP contribution in [0, 0.1) is 0 Å². The third-order valence-corrected chi connectivity index (χ3v) is 4.03. The number of carbonyl (C=O) groups is 2. The number of carbonyl (C=O) groups excluding carboxylic acids is 1. The van der Waals surface area contributed by atoms with Crippen molar-refractivity contribution in [3.63, 3.8) is 0 Å². The number of urea groups is 1. The summed E-state index contributed by atoms with van der Waals surface area (Å²) in [6, 6.07) is 21.5. The summed E-state index contributed by atoms with van der Waals surface area (Å²) in [6.45, 7) is 0.128. The zero-order valence-corrected chi connectivity index (χ0v) is 14.5. The molecular weight excluding hydrogens is 342 g/mol. The minimum Gasteiger partial charge on any atom is -0.478 e. The molecule has 2 aromatic carbocycles. The first-order valence-electron chi connectivity index (χ1n) is 8.46. The lowest BCUT2D eigenvalue weighted by Gasteiger charge is -2.20. The summed E-state index contributed by atoms with van der Waals surface area (Å²) in [5.74, 6) is -1.03. The zero-order chi connectivity index (χ0) is 19.1. The highest BCUT2D eigenvalue weighted by Crippen LogP contribution is 2.21. The fraction of sp³-hybridized carbons (Fsp3) is 0.0952. The van der Waals surface area contributed by atoms with E-state index in [4.69, 9.17) is 5.11 Å². The van der Waals surface area contributed by atoms with Gasteiger partial charge in [0.15, 0.2) is 0 Å². The molecule has 6 heteroatoms. The molecule has 0 spiro atoms. The molecule has 0 aliphatic rings.